The fraction of sp³-hybridized carbons (Fsp3) is 0.125. The molecule has 4 nitrogen and oxygen atoms in total. The second kappa shape index (κ2) is 5.98. The fourth-order valence-corrected chi connectivity index (χ4v) is 2.62. The number of imidazole rings is 1. The summed E-state index contributed by atoms with van der Waals surface area (Å²) in [7, 11) is 0. The molecule has 0 bridgehead atoms. The van der Waals surface area contributed by atoms with Gasteiger partial charge >= 0.3 is 0 Å². The van der Waals surface area contributed by atoms with E-state index in [9.17, 15) is 0 Å². The Kier molecular flexibility index (Phi) is 3.89. The van der Waals surface area contributed by atoms with Gasteiger partial charge in [0.15, 0.2) is 0 Å². The van der Waals surface area contributed by atoms with Gasteiger partial charge in [0.1, 0.15) is 11.4 Å². The molecular formula is C16H12BrN3O. The Morgan fingerprint density at radius 2 is 2.00 bits per heavy atom. The summed E-state index contributed by atoms with van der Waals surface area (Å²) in [6.45, 7) is 0. The second-order valence-electron chi connectivity index (χ2n) is 4.51. The molecule has 0 fully saturated rings. The third kappa shape index (κ3) is 2.76. The average molecular weight is 342 g/mol. The zero-order valence-corrected chi connectivity index (χ0v) is 12.7. The fourth-order valence-electron chi connectivity index (χ4n) is 2.11. The van der Waals surface area contributed by atoms with Crippen LogP contribution in [0.15, 0.2) is 48.7 Å². The number of halogens is 1. The monoisotopic (exact) mass is 341 g/mol. The summed E-state index contributed by atoms with van der Waals surface area (Å²) in [5, 5.41) is 9.33. The van der Waals surface area contributed by atoms with E-state index in [1.54, 1.807) is 0 Å². The molecule has 0 aliphatic heterocycles. The van der Waals surface area contributed by atoms with E-state index in [0.717, 1.165) is 16.9 Å². The van der Waals surface area contributed by atoms with Crippen molar-refractivity contribution in [3.8, 4) is 17.7 Å². The lowest BCUT2D eigenvalue weighted by atomic mass is 10.2. The Balaban J connectivity index is 1.92. The van der Waals surface area contributed by atoms with E-state index >= 15 is 0 Å². The van der Waals surface area contributed by atoms with Crippen LogP contribution in [0.2, 0.25) is 0 Å². The maximum absolute atomic E-state index is 8.67. The highest BCUT2D eigenvalue weighted by atomic mass is 79.9. The number of hydrogen-bond donors (Lipinski definition) is 0. The maximum Gasteiger partial charge on any atom is 0.242 e. The van der Waals surface area contributed by atoms with E-state index in [0.29, 0.717) is 23.4 Å². The summed E-state index contributed by atoms with van der Waals surface area (Å²) in [6.07, 6.45) is 2.36. The normalized spacial score (nSPS) is 10.5. The van der Waals surface area contributed by atoms with Crippen LogP contribution in [-0.4, -0.2) is 9.38 Å². The first-order valence-corrected chi connectivity index (χ1v) is 7.59. The van der Waals surface area contributed by atoms with Crippen molar-refractivity contribution in [2.75, 3.05) is 0 Å². The summed E-state index contributed by atoms with van der Waals surface area (Å²) >= 11 is 3.48. The zero-order valence-electron chi connectivity index (χ0n) is 11.2. The number of rotatable bonds is 4. The molecular weight excluding hydrogens is 330 g/mol. The Hall–Kier alpha value is -2.32. The number of benzene rings is 1. The van der Waals surface area contributed by atoms with Gasteiger partial charge < -0.3 is 4.74 Å². The molecule has 1 aromatic carbocycles. The molecule has 0 saturated carbocycles. The minimum Gasteiger partial charge on any atom is -0.437 e. The van der Waals surface area contributed by atoms with Crippen molar-refractivity contribution in [3.05, 3.63) is 59.9 Å². The Bertz CT molecular complexity index is 802. The van der Waals surface area contributed by atoms with Gasteiger partial charge in [-0.25, -0.2) is 0 Å². The number of alkyl halides is 1. The van der Waals surface area contributed by atoms with Crippen LogP contribution in [0.1, 0.15) is 11.3 Å². The highest BCUT2D eigenvalue weighted by Crippen LogP contribution is 2.27. The van der Waals surface area contributed by atoms with Crippen molar-refractivity contribution in [3.63, 3.8) is 0 Å². The van der Waals surface area contributed by atoms with Gasteiger partial charge in [-0.3, -0.25) is 4.40 Å². The summed E-state index contributed by atoms with van der Waals surface area (Å²) in [5.74, 6) is 1.30. The van der Waals surface area contributed by atoms with Gasteiger partial charge in [-0.1, -0.05) is 34.1 Å². The predicted molar refractivity (Wildman–Crippen MR) is 83.7 cm³/mol. The Morgan fingerprint density at radius 1 is 1.19 bits per heavy atom. The van der Waals surface area contributed by atoms with Crippen molar-refractivity contribution < 1.29 is 4.74 Å². The minimum absolute atomic E-state index is 0.404. The Morgan fingerprint density at radius 3 is 2.71 bits per heavy atom. The first-order valence-electron chi connectivity index (χ1n) is 6.47. The van der Waals surface area contributed by atoms with E-state index in [4.69, 9.17) is 10.00 Å². The molecule has 21 heavy (non-hydrogen) atoms. The highest BCUT2D eigenvalue weighted by molar-refractivity contribution is 9.08. The van der Waals surface area contributed by atoms with Crippen LogP contribution >= 0.6 is 15.9 Å². The lowest BCUT2D eigenvalue weighted by Crippen LogP contribution is -1.92. The molecule has 2 heterocycles. The number of aromatic nitrogens is 2. The molecule has 3 rings (SSSR count). The van der Waals surface area contributed by atoms with Gasteiger partial charge in [0.2, 0.25) is 5.88 Å². The first kappa shape index (κ1) is 13.7. The van der Waals surface area contributed by atoms with Crippen LogP contribution in [0, 0.1) is 11.3 Å². The lowest BCUT2D eigenvalue weighted by molar-refractivity contribution is 0.461. The molecule has 0 radical (unpaired) electrons. The van der Waals surface area contributed by atoms with E-state index < -0.39 is 0 Å². The SMILES string of the molecule is N#CCc1ccc(Oc2nc3ccccn3c2CBr)cc1. The number of pyridine rings is 1. The molecule has 0 unspecified atom stereocenters. The summed E-state index contributed by atoms with van der Waals surface area (Å²) < 4.78 is 7.87. The molecule has 0 spiro atoms. The molecule has 104 valence electrons. The van der Waals surface area contributed by atoms with Gasteiger partial charge in [-0.15, -0.1) is 0 Å². The van der Waals surface area contributed by atoms with Crippen molar-refractivity contribution in [2.24, 2.45) is 0 Å². The average Bonchev–Trinajstić information content (AvgIpc) is 2.86. The van der Waals surface area contributed by atoms with Gasteiger partial charge in [0.05, 0.1) is 18.2 Å². The zero-order chi connectivity index (χ0) is 14.7. The maximum atomic E-state index is 8.67. The summed E-state index contributed by atoms with van der Waals surface area (Å²) in [6, 6.07) is 15.5. The number of fused-ring (bicyclic) bond motifs is 1. The molecule has 0 saturated heterocycles. The van der Waals surface area contributed by atoms with Crippen molar-refractivity contribution >= 4 is 21.6 Å². The Labute approximate surface area is 130 Å². The smallest absolute Gasteiger partial charge is 0.242 e. The molecule has 0 N–H and O–H groups in total. The van der Waals surface area contributed by atoms with Crippen LogP contribution in [0.3, 0.4) is 0 Å². The lowest BCUT2D eigenvalue weighted by Gasteiger charge is -2.05. The third-order valence-corrected chi connectivity index (χ3v) is 3.67. The summed E-state index contributed by atoms with van der Waals surface area (Å²) in [5.41, 5.74) is 2.79. The van der Waals surface area contributed by atoms with E-state index in [-0.39, 0.29) is 0 Å². The van der Waals surface area contributed by atoms with Gasteiger partial charge in [0.25, 0.3) is 0 Å². The van der Waals surface area contributed by atoms with Crippen molar-refractivity contribution in [2.45, 2.75) is 11.8 Å². The standard InChI is InChI=1S/C16H12BrN3O/c17-11-14-16(19-15-3-1-2-10-20(14)15)21-13-6-4-12(5-7-13)8-9-18/h1-7,10H,8,11H2. The van der Waals surface area contributed by atoms with Gasteiger partial charge in [0, 0.05) is 11.5 Å². The van der Waals surface area contributed by atoms with Crippen LogP contribution in [0.4, 0.5) is 0 Å². The van der Waals surface area contributed by atoms with Crippen LogP contribution in [0.5, 0.6) is 11.6 Å². The van der Waals surface area contributed by atoms with Crippen LogP contribution in [-0.2, 0) is 11.8 Å². The number of ether oxygens (including phenoxy) is 1. The second-order valence-corrected chi connectivity index (χ2v) is 5.07. The van der Waals surface area contributed by atoms with E-state index in [1.807, 2.05) is 53.1 Å². The third-order valence-electron chi connectivity index (χ3n) is 3.14. The molecule has 3 aromatic rings. The van der Waals surface area contributed by atoms with Gasteiger partial charge in [-0.2, -0.15) is 10.2 Å². The minimum atomic E-state index is 0.404. The number of nitriles is 1. The van der Waals surface area contributed by atoms with Gasteiger partial charge in [-0.05, 0) is 29.8 Å². The molecule has 0 aliphatic carbocycles. The first-order chi connectivity index (χ1) is 10.3. The van der Waals surface area contributed by atoms with Crippen molar-refractivity contribution in [1.82, 2.24) is 9.38 Å². The van der Waals surface area contributed by atoms with Crippen molar-refractivity contribution in [1.29, 1.82) is 5.26 Å². The van der Waals surface area contributed by atoms with E-state index in [2.05, 4.69) is 27.0 Å². The molecule has 0 atom stereocenters. The quantitative estimate of drug-likeness (QED) is 0.671. The molecule has 2 aromatic heterocycles. The number of nitrogens with zero attached hydrogens (tertiary/aromatic N) is 3. The predicted octanol–water partition coefficient (Wildman–Crippen LogP) is 4.09. The molecule has 5 heteroatoms. The highest BCUT2D eigenvalue weighted by Gasteiger charge is 2.12. The van der Waals surface area contributed by atoms with Crippen LogP contribution < -0.4 is 4.74 Å². The molecule has 0 amide bonds. The molecule has 0 aliphatic rings. The largest absolute Gasteiger partial charge is 0.437 e. The van der Waals surface area contributed by atoms with E-state index in [1.165, 1.54) is 0 Å². The summed E-state index contributed by atoms with van der Waals surface area (Å²) in [4.78, 5) is 4.50. The number of hydrogen-bond acceptors (Lipinski definition) is 3. The van der Waals surface area contributed by atoms with Crippen LogP contribution in [0.25, 0.3) is 5.65 Å². The topological polar surface area (TPSA) is 50.3 Å².